The first kappa shape index (κ1) is 15.3. The average molecular weight is 282 g/mol. The van der Waals surface area contributed by atoms with Crippen LogP contribution in [0, 0.1) is 11.8 Å². The molecule has 0 aromatic rings. The van der Waals surface area contributed by atoms with Gasteiger partial charge in [-0.15, -0.1) is 0 Å². The van der Waals surface area contributed by atoms with Crippen LogP contribution in [0.2, 0.25) is 0 Å². The van der Waals surface area contributed by atoms with Crippen molar-refractivity contribution >= 4 is 11.9 Å². The average Bonchev–Trinajstić information content (AvgIpc) is 2.38. The first-order valence-electron chi connectivity index (χ1n) is 7.73. The van der Waals surface area contributed by atoms with Crippen molar-refractivity contribution in [1.29, 1.82) is 0 Å². The lowest BCUT2D eigenvalue weighted by molar-refractivity contribution is -0.149. The quantitative estimate of drug-likeness (QED) is 0.850. The zero-order valence-corrected chi connectivity index (χ0v) is 12.5. The Morgan fingerprint density at radius 3 is 2.50 bits per heavy atom. The maximum Gasteiger partial charge on any atom is 0.321 e. The van der Waals surface area contributed by atoms with Gasteiger partial charge in [-0.25, -0.2) is 0 Å². The summed E-state index contributed by atoms with van der Waals surface area (Å²) < 4.78 is 0. The van der Waals surface area contributed by atoms with Crippen LogP contribution in [0.15, 0.2) is 0 Å². The van der Waals surface area contributed by atoms with E-state index in [2.05, 4.69) is 6.92 Å². The molecule has 2 heterocycles. The molecule has 0 saturated carbocycles. The number of carboxylic acids is 1. The molecule has 3 atom stereocenters. The van der Waals surface area contributed by atoms with Crippen LogP contribution in [0.1, 0.15) is 39.5 Å². The number of rotatable bonds is 3. The predicted molar refractivity (Wildman–Crippen MR) is 76.4 cm³/mol. The van der Waals surface area contributed by atoms with Crippen LogP contribution in [0.3, 0.4) is 0 Å². The van der Waals surface area contributed by atoms with E-state index in [9.17, 15) is 14.7 Å². The Morgan fingerprint density at radius 2 is 1.85 bits per heavy atom. The number of carbonyl (C=O) groups excluding carboxylic acids is 1. The Hall–Kier alpha value is -1.10. The van der Waals surface area contributed by atoms with E-state index in [1.54, 1.807) is 0 Å². The Kier molecular flexibility index (Phi) is 5.02. The molecule has 2 saturated heterocycles. The second-order valence-corrected chi connectivity index (χ2v) is 6.46. The molecule has 2 fully saturated rings. The number of piperidine rings is 2. The third kappa shape index (κ3) is 3.51. The van der Waals surface area contributed by atoms with Crippen LogP contribution in [-0.4, -0.2) is 59.0 Å². The second-order valence-electron chi connectivity index (χ2n) is 6.46. The minimum absolute atomic E-state index is 0.0944. The van der Waals surface area contributed by atoms with E-state index in [0.29, 0.717) is 5.92 Å². The number of amides is 1. The molecule has 114 valence electrons. The molecule has 20 heavy (non-hydrogen) atoms. The third-order valence-electron chi connectivity index (χ3n) is 4.64. The van der Waals surface area contributed by atoms with Crippen molar-refractivity contribution in [3.05, 3.63) is 0 Å². The highest BCUT2D eigenvalue weighted by atomic mass is 16.4. The van der Waals surface area contributed by atoms with E-state index in [1.165, 1.54) is 6.42 Å². The van der Waals surface area contributed by atoms with Crippen molar-refractivity contribution in [3.63, 3.8) is 0 Å². The number of likely N-dealkylation sites (tertiary alicyclic amines) is 2. The second kappa shape index (κ2) is 6.57. The van der Waals surface area contributed by atoms with Gasteiger partial charge < -0.3 is 10.0 Å². The zero-order valence-electron chi connectivity index (χ0n) is 12.5. The summed E-state index contributed by atoms with van der Waals surface area (Å²) in [6, 6.07) is -0.505. The standard InChI is InChI=1S/C15H26N2O3/c1-11-5-3-7-16(9-11)13(18)10-17-8-4-6-12(2)14(17)15(19)20/h11-12,14H,3-10H2,1-2H3,(H,19,20). The largest absolute Gasteiger partial charge is 0.480 e. The minimum Gasteiger partial charge on any atom is -0.480 e. The lowest BCUT2D eigenvalue weighted by atomic mass is 9.90. The molecule has 1 amide bonds. The number of carboxylic acid groups (broad SMARTS) is 1. The number of hydrogen-bond acceptors (Lipinski definition) is 3. The molecule has 0 bridgehead atoms. The minimum atomic E-state index is -0.794. The number of nitrogens with zero attached hydrogens (tertiary/aromatic N) is 2. The van der Waals surface area contributed by atoms with E-state index in [1.807, 2.05) is 16.7 Å². The van der Waals surface area contributed by atoms with E-state index in [-0.39, 0.29) is 18.4 Å². The number of hydrogen-bond donors (Lipinski definition) is 1. The monoisotopic (exact) mass is 282 g/mol. The maximum atomic E-state index is 12.4. The van der Waals surface area contributed by atoms with Gasteiger partial charge in [0.1, 0.15) is 6.04 Å². The van der Waals surface area contributed by atoms with Crippen molar-refractivity contribution in [2.45, 2.75) is 45.6 Å². The lowest BCUT2D eigenvalue weighted by Crippen LogP contribution is -2.53. The van der Waals surface area contributed by atoms with Crippen LogP contribution in [-0.2, 0) is 9.59 Å². The Bertz CT molecular complexity index is 372. The van der Waals surface area contributed by atoms with Gasteiger partial charge in [-0.3, -0.25) is 14.5 Å². The maximum absolute atomic E-state index is 12.4. The van der Waals surface area contributed by atoms with E-state index in [0.717, 1.165) is 38.9 Å². The first-order chi connectivity index (χ1) is 9.49. The summed E-state index contributed by atoms with van der Waals surface area (Å²) in [4.78, 5) is 27.6. The summed E-state index contributed by atoms with van der Waals surface area (Å²) in [7, 11) is 0. The Balaban J connectivity index is 1.96. The Labute approximate surface area is 120 Å². The molecule has 5 heteroatoms. The summed E-state index contributed by atoms with van der Waals surface area (Å²) in [5.41, 5.74) is 0. The van der Waals surface area contributed by atoms with Crippen LogP contribution >= 0.6 is 0 Å². The summed E-state index contributed by atoms with van der Waals surface area (Å²) >= 11 is 0. The molecular weight excluding hydrogens is 256 g/mol. The molecule has 3 unspecified atom stereocenters. The highest BCUT2D eigenvalue weighted by Gasteiger charge is 2.36. The third-order valence-corrected chi connectivity index (χ3v) is 4.64. The highest BCUT2D eigenvalue weighted by Crippen LogP contribution is 2.24. The van der Waals surface area contributed by atoms with Crippen molar-refractivity contribution in [1.82, 2.24) is 9.80 Å². The predicted octanol–water partition coefficient (Wildman–Crippen LogP) is 1.43. The van der Waals surface area contributed by atoms with E-state index >= 15 is 0 Å². The summed E-state index contributed by atoms with van der Waals surface area (Å²) in [5, 5.41) is 9.38. The summed E-state index contributed by atoms with van der Waals surface area (Å²) in [6.07, 6.45) is 4.16. The SMILES string of the molecule is CC1CCCN(C(=O)CN2CCCC(C)C2C(=O)O)C1. The van der Waals surface area contributed by atoms with Gasteiger partial charge >= 0.3 is 5.97 Å². The van der Waals surface area contributed by atoms with Gasteiger partial charge in [-0.05, 0) is 44.1 Å². The lowest BCUT2D eigenvalue weighted by Gasteiger charge is -2.39. The fourth-order valence-electron chi connectivity index (χ4n) is 3.54. The van der Waals surface area contributed by atoms with Gasteiger partial charge in [0.2, 0.25) is 5.91 Å². The normalized spacial score (nSPS) is 32.1. The van der Waals surface area contributed by atoms with Gasteiger partial charge in [0.15, 0.2) is 0 Å². The Morgan fingerprint density at radius 1 is 1.15 bits per heavy atom. The number of carbonyl (C=O) groups is 2. The van der Waals surface area contributed by atoms with Crippen LogP contribution in [0.5, 0.6) is 0 Å². The molecule has 0 aromatic carbocycles. The van der Waals surface area contributed by atoms with Crippen molar-refractivity contribution in [2.24, 2.45) is 11.8 Å². The molecule has 1 N–H and O–H groups in total. The van der Waals surface area contributed by atoms with Crippen molar-refractivity contribution in [3.8, 4) is 0 Å². The summed E-state index contributed by atoms with van der Waals surface area (Å²) in [5.74, 6) is -0.0218. The zero-order chi connectivity index (χ0) is 14.7. The van der Waals surface area contributed by atoms with Crippen molar-refractivity contribution < 1.29 is 14.7 Å². The molecule has 0 radical (unpaired) electrons. The van der Waals surface area contributed by atoms with Crippen LogP contribution in [0.25, 0.3) is 0 Å². The summed E-state index contributed by atoms with van der Waals surface area (Å²) in [6.45, 7) is 6.76. The van der Waals surface area contributed by atoms with Gasteiger partial charge in [0.25, 0.3) is 0 Å². The number of aliphatic carboxylic acids is 1. The van der Waals surface area contributed by atoms with Gasteiger partial charge in [0, 0.05) is 13.1 Å². The molecule has 0 spiro atoms. The van der Waals surface area contributed by atoms with E-state index in [4.69, 9.17) is 0 Å². The van der Waals surface area contributed by atoms with Crippen molar-refractivity contribution in [2.75, 3.05) is 26.2 Å². The molecule has 5 nitrogen and oxygen atoms in total. The van der Waals surface area contributed by atoms with E-state index < -0.39 is 12.0 Å². The first-order valence-corrected chi connectivity index (χ1v) is 7.73. The fraction of sp³-hybridized carbons (Fsp3) is 0.867. The van der Waals surface area contributed by atoms with Gasteiger partial charge in [-0.2, -0.15) is 0 Å². The smallest absolute Gasteiger partial charge is 0.321 e. The molecule has 2 aliphatic heterocycles. The molecular formula is C15H26N2O3. The van der Waals surface area contributed by atoms with Gasteiger partial charge in [-0.1, -0.05) is 13.8 Å². The van der Waals surface area contributed by atoms with Crippen LogP contribution in [0.4, 0.5) is 0 Å². The molecule has 0 aliphatic carbocycles. The van der Waals surface area contributed by atoms with Crippen LogP contribution < -0.4 is 0 Å². The molecule has 2 aliphatic rings. The molecule has 2 rings (SSSR count). The topological polar surface area (TPSA) is 60.9 Å². The highest BCUT2D eigenvalue weighted by molar-refractivity contribution is 5.80. The fourth-order valence-corrected chi connectivity index (χ4v) is 3.54. The molecule has 0 aromatic heterocycles. The van der Waals surface area contributed by atoms with Gasteiger partial charge in [0.05, 0.1) is 6.54 Å².